The van der Waals surface area contributed by atoms with Crippen LogP contribution in [0, 0.1) is 6.92 Å². The summed E-state index contributed by atoms with van der Waals surface area (Å²) in [4.78, 5) is 8.75. The highest BCUT2D eigenvalue weighted by molar-refractivity contribution is 7.14. The summed E-state index contributed by atoms with van der Waals surface area (Å²) < 4.78 is 0. The van der Waals surface area contributed by atoms with Gasteiger partial charge in [-0.05, 0) is 19.1 Å². The van der Waals surface area contributed by atoms with Crippen molar-refractivity contribution in [2.75, 3.05) is 5.32 Å². The largest absolute Gasteiger partial charge is 0.316 e. The van der Waals surface area contributed by atoms with Gasteiger partial charge < -0.3 is 5.32 Å². The number of rotatable bonds is 3. The smallest absolute Gasteiger partial charge is 0.188 e. The number of aromatic nitrogens is 2. The molecule has 3 aromatic rings. The third-order valence-corrected chi connectivity index (χ3v) is 3.80. The molecule has 0 aliphatic carbocycles. The topological polar surface area (TPSA) is 37.8 Å². The number of anilines is 2. The first-order valence-corrected chi connectivity index (χ1v) is 7.37. The summed E-state index contributed by atoms with van der Waals surface area (Å²) in [7, 11) is 0. The second-order valence-electron chi connectivity index (χ2n) is 4.39. The Hall–Kier alpha value is -1.91. The van der Waals surface area contributed by atoms with Crippen LogP contribution in [0.4, 0.5) is 10.9 Å². The maximum atomic E-state index is 5.81. The Labute approximate surface area is 126 Å². The third kappa shape index (κ3) is 2.98. The molecule has 20 heavy (non-hydrogen) atoms. The SMILES string of the molecule is Cc1ccc(-c2csc(Nc3ccc(Cl)cn3)n2)cc1. The molecule has 0 aliphatic heterocycles. The number of halogens is 1. The van der Waals surface area contributed by atoms with Crippen molar-refractivity contribution < 1.29 is 0 Å². The summed E-state index contributed by atoms with van der Waals surface area (Å²) in [6.45, 7) is 2.07. The van der Waals surface area contributed by atoms with Crippen LogP contribution < -0.4 is 5.32 Å². The molecule has 0 unspecified atom stereocenters. The van der Waals surface area contributed by atoms with Crippen LogP contribution in [0.25, 0.3) is 11.3 Å². The Morgan fingerprint density at radius 1 is 1.10 bits per heavy atom. The zero-order valence-electron chi connectivity index (χ0n) is 10.8. The van der Waals surface area contributed by atoms with E-state index in [1.54, 1.807) is 23.6 Å². The maximum absolute atomic E-state index is 5.81. The standard InChI is InChI=1S/C15H12ClN3S/c1-10-2-4-11(5-3-10)13-9-20-15(18-13)19-14-7-6-12(16)8-17-14/h2-9H,1H3,(H,17,18,19). The molecule has 0 bridgehead atoms. The molecule has 0 atom stereocenters. The average Bonchev–Trinajstić information content (AvgIpc) is 2.91. The average molecular weight is 302 g/mol. The summed E-state index contributed by atoms with van der Waals surface area (Å²) in [6, 6.07) is 12.0. The summed E-state index contributed by atoms with van der Waals surface area (Å²) in [5.74, 6) is 0.735. The molecule has 5 heteroatoms. The quantitative estimate of drug-likeness (QED) is 0.747. The van der Waals surface area contributed by atoms with Crippen LogP contribution in [0.15, 0.2) is 48.0 Å². The Kier molecular flexibility index (Phi) is 3.67. The molecule has 3 nitrogen and oxygen atoms in total. The van der Waals surface area contributed by atoms with Gasteiger partial charge in [-0.2, -0.15) is 0 Å². The normalized spacial score (nSPS) is 10.5. The van der Waals surface area contributed by atoms with Crippen molar-refractivity contribution in [1.82, 2.24) is 9.97 Å². The monoisotopic (exact) mass is 301 g/mol. The van der Waals surface area contributed by atoms with Crippen LogP contribution in [-0.4, -0.2) is 9.97 Å². The Morgan fingerprint density at radius 2 is 1.90 bits per heavy atom. The highest BCUT2D eigenvalue weighted by Crippen LogP contribution is 2.26. The molecule has 0 radical (unpaired) electrons. The van der Waals surface area contributed by atoms with E-state index < -0.39 is 0 Å². The zero-order chi connectivity index (χ0) is 13.9. The second-order valence-corrected chi connectivity index (χ2v) is 5.69. The van der Waals surface area contributed by atoms with Gasteiger partial charge in [0.25, 0.3) is 0 Å². The first-order chi connectivity index (χ1) is 9.70. The number of aryl methyl sites for hydroxylation is 1. The van der Waals surface area contributed by atoms with E-state index in [1.807, 2.05) is 11.4 Å². The molecule has 0 saturated carbocycles. The Bertz CT molecular complexity index is 705. The Morgan fingerprint density at radius 3 is 2.60 bits per heavy atom. The lowest BCUT2D eigenvalue weighted by Crippen LogP contribution is -1.92. The van der Waals surface area contributed by atoms with Gasteiger partial charge in [0.15, 0.2) is 5.13 Å². The van der Waals surface area contributed by atoms with Gasteiger partial charge in [-0.1, -0.05) is 41.4 Å². The van der Waals surface area contributed by atoms with Gasteiger partial charge in [-0.15, -0.1) is 11.3 Å². The van der Waals surface area contributed by atoms with Crippen molar-refractivity contribution in [2.24, 2.45) is 0 Å². The molecule has 100 valence electrons. The molecule has 3 rings (SSSR count). The fourth-order valence-electron chi connectivity index (χ4n) is 1.75. The van der Waals surface area contributed by atoms with Gasteiger partial charge in [-0.3, -0.25) is 0 Å². The van der Waals surface area contributed by atoms with Crippen molar-refractivity contribution in [3.63, 3.8) is 0 Å². The van der Waals surface area contributed by atoms with E-state index in [2.05, 4.69) is 46.5 Å². The van der Waals surface area contributed by atoms with E-state index in [9.17, 15) is 0 Å². The molecule has 0 spiro atoms. The van der Waals surface area contributed by atoms with E-state index in [4.69, 9.17) is 11.6 Å². The molecule has 2 aromatic heterocycles. The van der Waals surface area contributed by atoms with Crippen molar-refractivity contribution in [2.45, 2.75) is 6.92 Å². The number of hydrogen-bond acceptors (Lipinski definition) is 4. The Balaban J connectivity index is 1.80. The number of benzene rings is 1. The third-order valence-electron chi connectivity index (χ3n) is 2.81. The lowest BCUT2D eigenvalue weighted by atomic mass is 10.1. The van der Waals surface area contributed by atoms with E-state index in [-0.39, 0.29) is 0 Å². The maximum Gasteiger partial charge on any atom is 0.188 e. The minimum atomic E-state index is 0.620. The van der Waals surface area contributed by atoms with Gasteiger partial charge in [0, 0.05) is 17.1 Å². The molecule has 1 N–H and O–H groups in total. The number of hydrogen-bond donors (Lipinski definition) is 1. The van der Waals surface area contributed by atoms with Crippen molar-refractivity contribution in [3.8, 4) is 11.3 Å². The van der Waals surface area contributed by atoms with Gasteiger partial charge in [0.1, 0.15) is 5.82 Å². The molecule has 2 heterocycles. The van der Waals surface area contributed by atoms with Crippen LogP contribution in [0.3, 0.4) is 0 Å². The predicted octanol–water partition coefficient (Wildman–Crippen LogP) is 4.91. The van der Waals surface area contributed by atoms with E-state index in [0.29, 0.717) is 5.02 Å². The summed E-state index contributed by atoms with van der Waals surface area (Å²) in [6.07, 6.45) is 1.61. The van der Waals surface area contributed by atoms with Gasteiger partial charge in [0.05, 0.1) is 10.7 Å². The number of nitrogens with zero attached hydrogens (tertiary/aromatic N) is 2. The summed E-state index contributed by atoms with van der Waals surface area (Å²) >= 11 is 7.36. The van der Waals surface area contributed by atoms with Crippen LogP contribution in [0.5, 0.6) is 0 Å². The van der Waals surface area contributed by atoms with Crippen molar-refractivity contribution in [3.05, 3.63) is 58.6 Å². The number of pyridine rings is 1. The van der Waals surface area contributed by atoms with Gasteiger partial charge in [0.2, 0.25) is 0 Å². The first kappa shape index (κ1) is 13.1. The van der Waals surface area contributed by atoms with Crippen LogP contribution in [0.1, 0.15) is 5.56 Å². The van der Waals surface area contributed by atoms with Gasteiger partial charge in [-0.25, -0.2) is 9.97 Å². The first-order valence-electron chi connectivity index (χ1n) is 6.12. The lowest BCUT2D eigenvalue weighted by molar-refractivity contribution is 1.29. The highest BCUT2D eigenvalue weighted by Gasteiger charge is 2.05. The van der Waals surface area contributed by atoms with Crippen LogP contribution >= 0.6 is 22.9 Å². The minimum Gasteiger partial charge on any atom is -0.316 e. The van der Waals surface area contributed by atoms with E-state index in [1.165, 1.54) is 5.56 Å². The second kappa shape index (κ2) is 5.61. The molecule has 0 aliphatic rings. The lowest BCUT2D eigenvalue weighted by Gasteiger charge is -2.01. The van der Waals surface area contributed by atoms with E-state index in [0.717, 1.165) is 22.2 Å². The number of nitrogens with one attached hydrogen (secondary N) is 1. The molecule has 0 fully saturated rings. The fourth-order valence-corrected chi connectivity index (χ4v) is 2.59. The summed E-state index contributed by atoms with van der Waals surface area (Å²) in [5, 5.41) is 6.64. The number of thiazole rings is 1. The molecular formula is C15H12ClN3S. The molecular weight excluding hydrogens is 290 g/mol. The van der Waals surface area contributed by atoms with E-state index >= 15 is 0 Å². The van der Waals surface area contributed by atoms with Gasteiger partial charge >= 0.3 is 0 Å². The van der Waals surface area contributed by atoms with Crippen molar-refractivity contribution in [1.29, 1.82) is 0 Å². The minimum absolute atomic E-state index is 0.620. The zero-order valence-corrected chi connectivity index (χ0v) is 12.4. The summed E-state index contributed by atoms with van der Waals surface area (Å²) in [5.41, 5.74) is 3.32. The van der Waals surface area contributed by atoms with Crippen LogP contribution in [0.2, 0.25) is 5.02 Å². The molecule has 0 amide bonds. The molecule has 1 aromatic carbocycles. The van der Waals surface area contributed by atoms with Crippen LogP contribution in [-0.2, 0) is 0 Å². The van der Waals surface area contributed by atoms with Crippen molar-refractivity contribution >= 4 is 33.9 Å². The predicted molar refractivity (Wildman–Crippen MR) is 84.8 cm³/mol. The fraction of sp³-hybridized carbons (Fsp3) is 0.0667. The highest BCUT2D eigenvalue weighted by atomic mass is 35.5. The molecule has 0 saturated heterocycles.